The van der Waals surface area contributed by atoms with Gasteiger partial charge in [0.2, 0.25) is 5.91 Å². The Balaban J connectivity index is 1.48. The second-order valence-corrected chi connectivity index (χ2v) is 8.02. The maximum absolute atomic E-state index is 12.3. The molecule has 0 aliphatic carbocycles. The number of carbonyl (C=O) groups excluding carboxylic acids is 1. The molecule has 1 amide bonds. The number of amides is 1. The van der Waals surface area contributed by atoms with E-state index in [1.807, 2.05) is 18.2 Å². The highest BCUT2D eigenvalue weighted by atomic mass is 32.1. The van der Waals surface area contributed by atoms with E-state index in [4.69, 9.17) is 0 Å². The summed E-state index contributed by atoms with van der Waals surface area (Å²) in [6.45, 7) is 7.59. The molecule has 3 rings (SSSR count). The first kappa shape index (κ1) is 18.1. The van der Waals surface area contributed by atoms with E-state index in [9.17, 15) is 4.79 Å². The number of nitrogens with one attached hydrogen (secondary N) is 1. The zero-order valence-electron chi connectivity index (χ0n) is 15.1. The summed E-state index contributed by atoms with van der Waals surface area (Å²) in [7, 11) is 0. The summed E-state index contributed by atoms with van der Waals surface area (Å²) in [6.07, 6.45) is 3.01. The SMILES string of the molecule is CC1CCN(Cc2csc(NC(=O)C[C@@H](C)c3ccccc3)n2)CC1. The minimum absolute atomic E-state index is 0.0315. The summed E-state index contributed by atoms with van der Waals surface area (Å²) in [5, 5.41) is 5.73. The minimum Gasteiger partial charge on any atom is -0.302 e. The maximum atomic E-state index is 12.3. The van der Waals surface area contributed by atoms with E-state index in [0.29, 0.717) is 11.6 Å². The van der Waals surface area contributed by atoms with Gasteiger partial charge in [0.05, 0.1) is 5.69 Å². The van der Waals surface area contributed by atoms with E-state index in [0.717, 1.165) is 31.2 Å². The molecule has 1 saturated heterocycles. The Morgan fingerprint density at radius 1 is 1.32 bits per heavy atom. The van der Waals surface area contributed by atoms with Crippen LogP contribution in [0.15, 0.2) is 35.7 Å². The molecular formula is C20H27N3OS. The van der Waals surface area contributed by atoms with Crippen LogP contribution in [0.1, 0.15) is 50.3 Å². The van der Waals surface area contributed by atoms with Crippen molar-refractivity contribution in [2.24, 2.45) is 5.92 Å². The van der Waals surface area contributed by atoms with Crippen molar-refractivity contribution >= 4 is 22.4 Å². The van der Waals surface area contributed by atoms with Crippen LogP contribution >= 0.6 is 11.3 Å². The van der Waals surface area contributed by atoms with Crippen LogP contribution in [0.4, 0.5) is 5.13 Å². The fraction of sp³-hybridized carbons (Fsp3) is 0.500. The first-order chi connectivity index (χ1) is 12.1. The molecule has 0 spiro atoms. The number of thiazole rings is 1. The lowest BCUT2D eigenvalue weighted by Crippen LogP contribution is -2.32. The van der Waals surface area contributed by atoms with E-state index < -0.39 is 0 Å². The Kier molecular flexibility index (Phi) is 6.21. The van der Waals surface area contributed by atoms with Gasteiger partial charge in [-0.1, -0.05) is 44.2 Å². The molecule has 0 unspecified atom stereocenters. The van der Waals surface area contributed by atoms with Crippen molar-refractivity contribution in [3.63, 3.8) is 0 Å². The number of carbonyl (C=O) groups is 1. The lowest BCUT2D eigenvalue weighted by molar-refractivity contribution is -0.116. The number of nitrogens with zero attached hydrogens (tertiary/aromatic N) is 2. The van der Waals surface area contributed by atoms with Crippen molar-refractivity contribution in [2.45, 2.75) is 45.6 Å². The second-order valence-electron chi connectivity index (χ2n) is 7.17. The van der Waals surface area contributed by atoms with E-state index in [1.54, 1.807) is 0 Å². The predicted molar refractivity (Wildman–Crippen MR) is 104 cm³/mol. The predicted octanol–water partition coefficient (Wildman–Crippen LogP) is 4.51. The van der Waals surface area contributed by atoms with Crippen LogP contribution in [0.3, 0.4) is 0 Å². The standard InChI is InChI=1S/C20H27N3OS/c1-15-8-10-23(11-9-15)13-18-14-25-20(21-18)22-19(24)12-16(2)17-6-4-3-5-7-17/h3-7,14-16H,8-13H2,1-2H3,(H,21,22,24)/t16-/m1/s1. The maximum Gasteiger partial charge on any atom is 0.226 e. The first-order valence-corrected chi connectivity index (χ1v) is 9.99. The average Bonchev–Trinajstić information content (AvgIpc) is 3.04. The number of benzene rings is 1. The van der Waals surface area contributed by atoms with Gasteiger partial charge in [-0.05, 0) is 43.3 Å². The normalized spacial score (nSPS) is 17.4. The van der Waals surface area contributed by atoms with Crippen LogP contribution in [-0.4, -0.2) is 28.9 Å². The van der Waals surface area contributed by atoms with Crippen LogP contribution in [0.25, 0.3) is 0 Å². The molecule has 1 aliphatic rings. The summed E-state index contributed by atoms with van der Waals surface area (Å²) in [4.78, 5) is 19.3. The fourth-order valence-electron chi connectivity index (χ4n) is 3.23. The summed E-state index contributed by atoms with van der Waals surface area (Å²) in [5.41, 5.74) is 2.25. The Morgan fingerprint density at radius 3 is 2.76 bits per heavy atom. The lowest BCUT2D eigenvalue weighted by atomic mass is 9.98. The van der Waals surface area contributed by atoms with Gasteiger partial charge >= 0.3 is 0 Å². The molecule has 0 bridgehead atoms. The van der Waals surface area contributed by atoms with Crippen LogP contribution in [0, 0.1) is 5.92 Å². The molecule has 2 heterocycles. The van der Waals surface area contributed by atoms with Crippen molar-refractivity contribution in [2.75, 3.05) is 18.4 Å². The van der Waals surface area contributed by atoms with Crippen LogP contribution in [-0.2, 0) is 11.3 Å². The molecule has 1 N–H and O–H groups in total. The molecule has 1 aliphatic heterocycles. The van der Waals surface area contributed by atoms with Crippen molar-refractivity contribution in [3.05, 3.63) is 47.0 Å². The lowest BCUT2D eigenvalue weighted by Gasteiger charge is -2.29. The number of rotatable bonds is 6. The van der Waals surface area contributed by atoms with Crippen LogP contribution < -0.4 is 5.32 Å². The molecule has 1 fully saturated rings. The van der Waals surface area contributed by atoms with Gasteiger partial charge in [0.25, 0.3) is 0 Å². The van der Waals surface area contributed by atoms with Gasteiger partial charge in [-0.3, -0.25) is 9.69 Å². The Hall–Kier alpha value is -1.72. The fourth-order valence-corrected chi connectivity index (χ4v) is 3.95. The highest BCUT2D eigenvalue weighted by molar-refractivity contribution is 7.13. The van der Waals surface area contributed by atoms with Crippen LogP contribution in [0.5, 0.6) is 0 Å². The number of piperidine rings is 1. The molecule has 4 nitrogen and oxygen atoms in total. The molecular weight excluding hydrogens is 330 g/mol. The van der Waals surface area contributed by atoms with Crippen molar-refractivity contribution in [1.82, 2.24) is 9.88 Å². The largest absolute Gasteiger partial charge is 0.302 e. The minimum atomic E-state index is 0.0315. The summed E-state index contributed by atoms with van der Waals surface area (Å²) >= 11 is 1.52. The highest BCUT2D eigenvalue weighted by Crippen LogP contribution is 2.23. The zero-order valence-corrected chi connectivity index (χ0v) is 15.9. The highest BCUT2D eigenvalue weighted by Gasteiger charge is 2.17. The third kappa shape index (κ3) is 5.38. The Labute approximate surface area is 154 Å². The number of aromatic nitrogens is 1. The summed E-state index contributed by atoms with van der Waals surface area (Å²) in [6, 6.07) is 10.2. The molecule has 1 aromatic carbocycles. The molecule has 2 aromatic rings. The van der Waals surface area contributed by atoms with Gasteiger partial charge in [-0.15, -0.1) is 11.3 Å². The van der Waals surface area contributed by atoms with Crippen molar-refractivity contribution in [3.8, 4) is 0 Å². The molecule has 5 heteroatoms. The van der Waals surface area contributed by atoms with E-state index >= 15 is 0 Å². The topological polar surface area (TPSA) is 45.2 Å². The van der Waals surface area contributed by atoms with Gasteiger partial charge in [-0.2, -0.15) is 0 Å². The van der Waals surface area contributed by atoms with Crippen molar-refractivity contribution < 1.29 is 4.79 Å². The second kappa shape index (κ2) is 8.59. The Morgan fingerprint density at radius 2 is 2.04 bits per heavy atom. The van der Waals surface area contributed by atoms with Gasteiger partial charge in [-0.25, -0.2) is 4.98 Å². The van der Waals surface area contributed by atoms with E-state index in [1.165, 1.54) is 29.7 Å². The first-order valence-electron chi connectivity index (χ1n) is 9.11. The van der Waals surface area contributed by atoms with Crippen LogP contribution in [0.2, 0.25) is 0 Å². The van der Waals surface area contributed by atoms with Gasteiger partial charge in [0.1, 0.15) is 0 Å². The molecule has 1 atom stereocenters. The number of anilines is 1. The Bertz CT molecular complexity index is 677. The third-order valence-corrected chi connectivity index (χ3v) is 5.73. The van der Waals surface area contributed by atoms with Gasteiger partial charge in [0.15, 0.2) is 5.13 Å². The monoisotopic (exact) mass is 357 g/mol. The summed E-state index contributed by atoms with van der Waals surface area (Å²) < 4.78 is 0. The van der Waals surface area contributed by atoms with E-state index in [-0.39, 0.29) is 11.8 Å². The van der Waals surface area contributed by atoms with Gasteiger partial charge in [0, 0.05) is 18.3 Å². The van der Waals surface area contributed by atoms with E-state index in [2.05, 4.69) is 46.6 Å². The number of hydrogen-bond acceptors (Lipinski definition) is 4. The average molecular weight is 358 g/mol. The molecule has 1 aromatic heterocycles. The number of likely N-dealkylation sites (tertiary alicyclic amines) is 1. The van der Waals surface area contributed by atoms with Crippen molar-refractivity contribution in [1.29, 1.82) is 0 Å². The molecule has 134 valence electrons. The third-order valence-electron chi connectivity index (χ3n) is 4.92. The molecule has 0 radical (unpaired) electrons. The van der Waals surface area contributed by atoms with Gasteiger partial charge < -0.3 is 5.32 Å². The molecule has 25 heavy (non-hydrogen) atoms. The summed E-state index contributed by atoms with van der Waals surface area (Å²) in [5.74, 6) is 1.08. The smallest absolute Gasteiger partial charge is 0.226 e. The quantitative estimate of drug-likeness (QED) is 0.827. The number of hydrogen-bond donors (Lipinski definition) is 1. The zero-order chi connectivity index (χ0) is 17.6. The molecule has 0 saturated carbocycles.